The molecule has 7 nitrogen and oxygen atoms in total. The Hall–Kier alpha value is -3.22. The molecule has 0 atom stereocenters. The molecule has 7 heteroatoms. The van der Waals surface area contributed by atoms with Gasteiger partial charge >= 0.3 is 11.2 Å². The first-order valence-corrected chi connectivity index (χ1v) is 8.56. The number of benzene rings is 1. The third-order valence-electron chi connectivity index (χ3n) is 5.18. The van der Waals surface area contributed by atoms with Crippen molar-refractivity contribution >= 4 is 17.2 Å². The monoisotopic (exact) mass is 350 g/mol. The molecule has 26 heavy (non-hydrogen) atoms. The van der Waals surface area contributed by atoms with E-state index in [2.05, 4.69) is 22.4 Å². The number of hydrogen-bond acceptors (Lipinski definition) is 5. The number of hydrogen-bond donors (Lipinski definition) is 1. The molecule has 1 aliphatic rings. The quantitative estimate of drug-likeness (QED) is 0.564. The molecule has 0 amide bonds. The molecule has 0 unspecified atom stereocenters. The molecule has 0 aliphatic heterocycles. The standard InChI is InChI=1S/C19H18N4O3/c24-18-16(23(25)26)17(21-15-9-4-5-12-22(15)18)20-13-19(10-6-11-19)14-7-2-1-3-8-14/h1-5,7-9,12,20H,6,10-11,13H2. The van der Waals surface area contributed by atoms with Gasteiger partial charge in [0.1, 0.15) is 5.65 Å². The van der Waals surface area contributed by atoms with Crippen LogP contribution in [0.1, 0.15) is 24.8 Å². The number of rotatable bonds is 5. The lowest BCUT2D eigenvalue weighted by Crippen LogP contribution is -2.41. The van der Waals surface area contributed by atoms with Gasteiger partial charge in [-0.15, -0.1) is 0 Å². The van der Waals surface area contributed by atoms with Crippen molar-refractivity contribution in [1.82, 2.24) is 9.38 Å². The van der Waals surface area contributed by atoms with Gasteiger partial charge in [0.05, 0.1) is 4.92 Å². The molecule has 3 aromatic rings. The van der Waals surface area contributed by atoms with E-state index >= 15 is 0 Å². The Morgan fingerprint density at radius 3 is 2.54 bits per heavy atom. The minimum Gasteiger partial charge on any atom is -0.363 e. The van der Waals surface area contributed by atoms with Gasteiger partial charge in [0.2, 0.25) is 5.82 Å². The highest BCUT2D eigenvalue weighted by atomic mass is 16.6. The van der Waals surface area contributed by atoms with Crippen molar-refractivity contribution in [3.63, 3.8) is 0 Å². The fourth-order valence-electron chi connectivity index (χ4n) is 3.58. The summed E-state index contributed by atoms with van der Waals surface area (Å²) < 4.78 is 1.19. The fourth-order valence-corrected chi connectivity index (χ4v) is 3.58. The van der Waals surface area contributed by atoms with Crippen LogP contribution in [-0.4, -0.2) is 20.9 Å². The van der Waals surface area contributed by atoms with Gasteiger partial charge in [0.15, 0.2) is 0 Å². The van der Waals surface area contributed by atoms with E-state index in [1.807, 2.05) is 18.2 Å². The summed E-state index contributed by atoms with van der Waals surface area (Å²) in [6.07, 6.45) is 4.61. The van der Waals surface area contributed by atoms with Crippen LogP contribution in [0.15, 0.2) is 59.5 Å². The van der Waals surface area contributed by atoms with E-state index in [4.69, 9.17) is 0 Å². The number of fused-ring (bicyclic) bond motifs is 1. The van der Waals surface area contributed by atoms with Crippen LogP contribution in [0.4, 0.5) is 11.5 Å². The Bertz CT molecular complexity index is 1030. The largest absolute Gasteiger partial charge is 0.376 e. The molecular weight excluding hydrogens is 332 g/mol. The molecule has 1 aliphatic carbocycles. The zero-order chi connectivity index (χ0) is 18.1. The lowest BCUT2D eigenvalue weighted by Gasteiger charge is -2.42. The zero-order valence-corrected chi connectivity index (χ0v) is 14.1. The van der Waals surface area contributed by atoms with Crippen LogP contribution in [0.25, 0.3) is 5.65 Å². The number of aromatic nitrogens is 2. The van der Waals surface area contributed by atoms with E-state index in [9.17, 15) is 14.9 Å². The van der Waals surface area contributed by atoms with E-state index in [1.165, 1.54) is 16.2 Å². The molecule has 1 N–H and O–H groups in total. The third kappa shape index (κ3) is 2.61. The Kier molecular flexibility index (Phi) is 3.91. The van der Waals surface area contributed by atoms with Gasteiger partial charge in [-0.25, -0.2) is 4.98 Å². The number of anilines is 1. The minimum absolute atomic E-state index is 0.0356. The predicted octanol–water partition coefficient (Wildman–Crippen LogP) is 3.14. The van der Waals surface area contributed by atoms with Crippen LogP contribution >= 0.6 is 0 Å². The van der Waals surface area contributed by atoms with E-state index in [1.54, 1.807) is 18.2 Å². The first-order chi connectivity index (χ1) is 12.6. The highest BCUT2D eigenvalue weighted by molar-refractivity contribution is 5.60. The van der Waals surface area contributed by atoms with Crippen LogP contribution in [0.3, 0.4) is 0 Å². The molecule has 2 heterocycles. The summed E-state index contributed by atoms with van der Waals surface area (Å²) in [4.78, 5) is 27.6. The van der Waals surface area contributed by atoms with E-state index in [-0.39, 0.29) is 11.2 Å². The zero-order valence-electron chi connectivity index (χ0n) is 14.1. The average molecular weight is 350 g/mol. The normalized spacial score (nSPS) is 15.4. The van der Waals surface area contributed by atoms with Crippen molar-refractivity contribution in [2.45, 2.75) is 24.7 Å². The smallest absolute Gasteiger partial charge is 0.363 e. The van der Waals surface area contributed by atoms with Crippen molar-refractivity contribution in [1.29, 1.82) is 0 Å². The van der Waals surface area contributed by atoms with Crippen LogP contribution in [0.2, 0.25) is 0 Å². The Balaban J connectivity index is 1.72. The molecule has 4 rings (SSSR count). The number of nitro groups is 1. The molecule has 0 saturated heterocycles. The van der Waals surface area contributed by atoms with Crippen molar-refractivity contribution in [3.05, 3.63) is 80.8 Å². The van der Waals surface area contributed by atoms with Gasteiger partial charge in [0, 0.05) is 18.2 Å². The SMILES string of the molecule is O=c1c([N+](=O)[O-])c(NCC2(c3ccccc3)CCC2)nc2ccccn12. The predicted molar refractivity (Wildman–Crippen MR) is 98.6 cm³/mol. The lowest BCUT2D eigenvalue weighted by atomic mass is 9.64. The molecule has 1 saturated carbocycles. The van der Waals surface area contributed by atoms with Crippen LogP contribution in [0, 0.1) is 10.1 Å². The number of nitrogens with zero attached hydrogens (tertiary/aromatic N) is 3. The van der Waals surface area contributed by atoms with Crippen molar-refractivity contribution < 1.29 is 4.92 Å². The van der Waals surface area contributed by atoms with Gasteiger partial charge < -0.3 is 5.32 Å². The molecule has 132 valence electrons. The first kappa shape index (κ1) is 16.3. The number of nitrogens with one attached hydrogen (secondary N) is 1. The van der Waals surface area contributed by atoms with E-state index < -0.39 is 16.2 Å². The highest BCUT2D eigenvalue weighted by Crippen LogP contribution is 2.43. The molecule has 0 spiro atoms. The van der Waals surface area contributed by atoms with Crippen LogP contribution in [-0.2, 0) is 5.41 Å². The topological polar surface area (TPSA) is 89.5 Å². The maximum atomic E-state index is 12.5. The van der Waals surface area contributed by atoms with Gasteiger partial charge in [-0.05, 0) is 30.5 Å². The molecule has 0 radical (unpaired) electrons. The summed E-state index contributed by atoms with van der Waals surface area (Å²) in [5.41, 5.74) is 0.326. The van der Waals surface area contributed by atoms with Crippen LogP contribution in [0.5, 0.6) is 0 Å². The Labute approximate surface area is 149 Å². The van der Waals surface area contributed by atoms with Crippen molar-refractivity contribution in [2.24, 2.45) is 0 Å². The molecule has 2 aromatic heterocycles. The average Bonchev–Trinajstić information content (AvgIpc) is 2.61. The first-order valence-electron chi connectivity index (χ1n) is 8.56. The third-order valence-corrected chi connectivity index (χ3v) is 5.18. The second-order valence-corrected chi connectivity index (χ2v) is 6.65. The number of pyridine rings is 1. The second-order valence-electron chi connectivity index (χ2n) is 6.65. The lowest BCUT2D eigenvalue weighted by molar-refractivity contribution is -0.385. The van der Waals surface area contributed by atoms with E-state index in [0.29, 0.717) is 12.2 Å². The van der Waals surface area contributed by atoms with Gasteiger partial charge in [-0.1, -0.05) is 42.8 Å². The molecule has 1 aromatic carbocycles. The highest BCUT2D eigenvalue weighted by Gasteiger charge is 2.39. The molecule has 0 bridgehead atoms. The van der Waals surface area contributed by atoms with Gasteiger partial charge in [-0.3, -0.25) is 19.3 Å². The minimum atomic E-state index is -0.675. The van der Waals surface area contributed by atoms with Crippen molar-refractivity contribution in [2.75, 3.05) is 11.9 Å². The van der Waals surface area contributed by atoms with Gasteiger partial charge in [0.25, 0.3) is 0 Å². The summed E-state index contributed by atoms with van der Waals surface area (Å²) in [6.45, 7) is 0.507. The summed E-state index contributed by atoms with van der Waals surface area (Å²) in [5, 5.41) is 14.6. The summed E-state index contributed by atoms with van der Waals surface area (Å²) in [6, 6.07) is 15.2. The van der Waals surface area contributed by atoms with Crippen LogP contribution < -0.4 is 10.9 Å². The molecule has 1 fully saturated rings. The Morgan fingerprint density at radius 1 is 1.15 bits per heavy atom. The van der Waals surface area contributed by atoms with E-state index in [0.717, 1.165) is 19.3 Å². The van der Waals surface area contributed by atoms with Gasteiger partial charge in [-0.2, -0.15) is 0 Å². The summed E-state index contributed by atoms with van der Waals surface area (Å²) >= 11 is 0. The maximum Gasteiger partial charge on any atom is 0.376 e. The fraction of sp³-hybridized carbons (Fsp3) is 0.263. The molecular formula is C19H18N4O3. The second kappa shape index (κ2) is 6.25. The van der Waals surface area contributed by atoms with Crippen molar-refractivity contribution in [3.8, 4) is 0 Å². The maximum absolute atomic E-state index is 12.5. The Morgan fingerprint density at radius 2 is 1.88 bits per heavy atom. The summed E-state index contributed by atoms with van der Waals surface area (Å²) in [7, 11) is 0. The summed E-state index contributed by atoms with van der Waals surface area (Å²) in [5.74, 6) is 0.0356.